The molecule has 2 saturated heterocycles. The van der Waals surface area contributed by atoms with Crippen LogP contribution >= 0.6 is 0 Å². The van der Waals surface area contributed by atoms with Crippen molar-refractivity contribution in [2.75, 3.05) is 31.1 Å². The fourth-order valence-corrected chi connectivity index (χ4v) is 9.32. The number of hydrogen-bond acceptors (Lipinski definition) is 7. The highest BCUT2D eigenvalue weighted by Gasteiger charge is 2.46. The van der Waals surface area contributed by atoms with Gasteiger partial charge in [-0.25, -0.2) is 16.8 Å². The number of aryl methyl sites for hydroxylation is 1. The topological polar surface area (TPSA) is 96.7 Å². The number of nitrogens with one attached hydrogen (secondary N) is 1. The number of furan rings is 1. The first-order valence-corrected chi connectivity index (χ1v) is 14.2. The molecule has 0 saturated carbocycles. The van der Waals surface area contributed by atoms with Crippen molar-refractivity contribution in [1.29, 1.82) is 0 Å². The summed E-state index contributed by atoms with van der Waals surface area (Å²) >= 11 is 0. The largest absolute Gasteiger partial charge is 0.468 e. The molecule has 0 aliphatic carbocycles. The van der Waals surface area contributed by atoms with Crippen molar-refractivity contribution in [1.82, 2.24) is 10.2 Å². The first-order valence-electron chi connectivity index (χ1n) is 10.8. The Labute approximate surface area is 184 Å². The molecule has 3 atom stereocenters. The molecule has 2 aromatic rings. The Morgan fingerprint density at radius 1 is 1.13 bits per heavy atom. The standard InChI is InChI=1S/C22H30N2O5S2/c1-2-17-7-9-18(10-8-17)31(27,28)22-16-30(25,26)15-19(22)23-14-20(21-6-5-13-29-21)24-11-3-4-12-24/h5-10,13,19-20,22-23H,2-4,11-12,14-16H2,1H3/t19-,20?,22-/m0/s1. The lowest BCUT2D eigenvalue weighted by molar-refractivity contribution is 0.206. The van der Waals surface area contributed by atoms with Crippen LogP contribution in [0.1, 0.15) is 37.1 Å². The second kappa shape index (κ2) is 9.05. The van der Waals surface area contributed by atoms with E-state index < -0.39 is 31.0 Å². The Morgan fingerprint density at radius 2 is 1.84 bits per heavy atom. The van der Waals surface area contributed by atoms with E-state index in [4.69, 9.17) is 4.42 Å². The molecule has 1 aromatic heterocycles. The highest BCUT2D eigenvalue weighted by molar-refractivity contribution is 7.96. The van der Waals surface area contributed by atoms with Crippen molar-refractivity contribution < 1.29 is 21.3 Å². The van der Waals surface area contributed by atoms with Crippen LogP contribution in [0.15, 0.2) is 52.0 Å². The number of benzene rings is 1. The summed E-state index contributed by atoms with van der Waals surface area (Å²) in [5.74, 6) is 0.289. The van der Waals surface area contributed by atoms with E-state index in [0.717, 1.165) is 43.7 Å². The Balaban J connectivity index is 1.55. The minimum atomic E-state index is -3.78. The monoisotopic (exact) mass is 466 g/mol. The first-order chi connectivity index (χ1) is 14.8. The summed E-state index contributed by atoms with van der Waals surface area (Å²) in [5.41, 5.74) is 1.04. The molecule has 31 heavy (non-hydrogen) atoms. The van der Waals surface area contributed by atoms with Gasteiger partial charge in [0.1, 0.15) is 5.76 Å². The predicted molar refractivity (Wildman–Crippen MR) is 119 cm³/mol. The summed E-state index contributed by atoms with van der Waals surface area (Å²) in [6, 6.07) is 9.82. The predicted octanol–water partition coefficient (Wildman–Crippen LogP) is 2.21. The molecule has 0 spiro atoms. The van der Waals surface area contributed by atoms with Crippen LogP contribution in [0.4, 0.5) is 0 Å². The van der Waals surface area contributed by atoms with Crippen molar-refractivity contribution in [3.63, 3.8) is 0 Å². The van der Waals surface area contributed by atoms with Crippen LogP contribution in [-0.2, 0) is 26.1 Å². The third kappa shape index (κ3) is 4.89. The average Bonchev–Trinajstić information content (AvgIpc) is 3.50. The van der Waals surface area contributed by atoms with Crippen molar-refractivity contribution >= 4 is 19.7 Å². The number of hydrogen-bond donors (Lipinski definition) is 1. The van der Waals surface area contributed by atoms with E-state index in [-0.39, 0.29) is 22.4 Å². The molecular weight excluding hydrogens is 436 g/mol. The van der Waals surface area contributed by atoms with E-state index >= 15 is 0 Å². The van der Waals surface area contributed by atoms with Gasteiger partial charge in [0.25, 0.3) is 0 Å². The lowest BCUT2D eigenvalue weighted by Gasteiger charge is -2.28. The van der Waals surface area contributed by atoms with Gasteiger partial charge in [0.15, 0.2) is 19.7 Å². The quantitative estimate of drug-likeness (QED) is 0.637. The maximum atomic E-state index is 13.3. The third-order valence-corrected chi connectivity index (χ3v) is 10.6. The van der Waals surface area contributed by atoms with Crippen LogP contribution in [-0.4, -0.2) is 64.2 Å². The van der Waals surface area contributed by atoms with Gasteiger partial charge >= 0.3 is 0 Å². The fourth-order valence-electron chi connectivity index (χ4n) is 4.61. The van der Waals surface area contributed by atoms with E-state index in [1.807, 2.05) is 19.1 Å². The molecule has 0 bridgehead atoms. The molecule has 2 fully saturated rings. The van der Waals surface area contributed by atoms with Crippen LogP contribution in [0.5, 0.6) is 0 Å². The maximum Gasteiger partial charge on any atom is 0.183 e. The first kappa shape index (κ1) is 22.5. The zero-order chi connectivity index (χ0) is 22.1. The summed E-state index contributed by atoms with van der Waals surface area (Å²) in [7, 11) is -7.23. The summed E-state index contributed by atoms with van der Waals surface area (Å²) in [5, 5.41) is 2.29. The molecule has 0 amide bonds. The molecule has 2 aliphatic heterocycles. The van der Waals surface area contributed by atoms with Crippen molar-refractivity contribution in [2.45, 2.75) is 48.4 Å². The molecule has 170 valence electrons. The van der Waals surface area contributed by atoms with Crippen LogP contribution in [0.25, 0.3) is 0 Å². The maximum absolute atomic E-state index is 13.3. The zero-order valence-electron chi connectivity index (χ0n) is 17.7. The lowest BCUT2D eigenvalue weighted by Crippen LogP contribution is -2.46. The molecule has 2 aliphatic rings. The second-order valence-electron chi connectivity index (χ2n) is 8.45. The highest BCUT2D eigenvalue weighted by atomic mass is 32.2. The fraction of sp³-hybridized carbons (Fsp3) is 0.545. The molecule has 7 nitrogen and oxygen atoms in total. The van der Waals surface area contributed by atoms with Gasteiger partial charge < -0.3 is 9.73 Å². The molecule has 1 N–H and O–H groups in total. The molecular formula is C22H30N2O5S2. The summed E-state index contributed by atoms with van der Waals surface area (Å²) in [6.45, 7) is 4.33. The summed E-state index contributed by atoms with van der Waals surface area (Å²) in [4.78, 5) is 2.49. The van der Waals surface area contributed by atoms with E-state index in [2.05, 4.69) is 10.2 Å². The van der Waals surface area contributed by atoms with Crippen LogP contribution < -0.4 is 5.32 Å². The Kier molecular flexibility index (Phi) is 6.57. The van der Waals surface area contributed by atoms with Crippen molar-refractivity contribution in [3.05, 3.63) is 54.0 Å². The van der Waals surface area contributed by atoms with Gasteiger partial charge in [-0.3, -0.25) is 4.90 Å². The molecule has 1 unspecified atom stereocenters. The number of likely N-dealkylation sites (tertiary alicyclic amines) is 1. The highest BCUT2D eigenvalue weighted by Crippen LogP contribution is 2.29. The summed E-state index contributed by atoms with van der Waals surface area (Å²) < 4.78 is 57.1. The SMILES string of the molecule is CCc1ccc(S(=O)(=O)[C@H]2CS(=O)(=O)C[C@@H]2NCC(c2ccco2)N2CCCC2)cc1. The second-order valence-corrected chi connectivity index (χ2v) is 12.8. The molecule has 4 rings (SSSR count). The number of sulfone groups is 2. The summed E-state index contributed by atoms with van der Waals surface area (Å²) in [6.07, 6.45) is 4.66. The Morgan fingerprint density at radius 3 is 2.45 bits per heavy atom. The smallest absolute Gasteiger partial charge is 0.183 e. The third-order valence-electron chi connectivity index (χ3n) is 6.39. The van der Waals surface area contributed by atoms with Crippen LogP contribution in [0.3, 0.4) is 0 Å². The molecule has 1 aromatic carbocycles. The van der Waals surface area contributed by atoms with Crippen molar-refractivity contribution in [3.8, 4) is 0 Å². The van der Waals surface area contributed by atoms with Gasteiger partial charge in [-0.1, -0.05) is 19.1 Å². The minimum Gasteiger partial charge on any atom is -0.468 e. The number of rotatable bonds is 8. The average molecular weight is 467 g/mol. The van der Waals surface area contributed by atoms with Crippen molar-refractivity contribution in [2.24, 2.45) is 0 Å². The van der Waals surface area contributed by atoms with E-state index in [1.54, 1.807) is 30.5 Å². The van der Waals surface area contributed by atoms with E-state index in [9.17, 15) is 16.8 Å². The van der Waals surface area contributed by atoms with Crippen LogP contribution in [0, 0.1) is 0 Å². The van der Waals surface area contributed by atoms with Gasteiger partial charge in [-0.15, -0.1) is 0 Å². The molecule has 0 radical (unpaired) electrons. The van der Waals surface area contributed by atoms with Gasteiger partial charge in [0.05, 0.1) is 34.0 Å². The molecule has 9 heteroatoms. The Bertz CT molecular complexity index is 1070. The minimum absolute atomic E-state index is 0.0482. The zero-order valence-corrected chi connectivity index (χ0v) is 19.4. The van der Waals surface area contributed by atoms with Gasteiger partial charge in [0.2, 0.25) is 0 Å². The van der Waals surface area contributed by atoms with Gasteiger partial charge in [-0.05, 0) is 62.2 Å². The van der Waals surface area contributed by atoms with Gasteiger partial charge in [-0.2, -0.15) is 0 Å². The van der Waals surface area contributed by atoms with E-state index in [1.165, 1.54) is 0 Å². The molecule has 3 heterocycles. The van der Waals surface area contributed by atoms with Crippen LogP contribution in [0.2, 0.25) is 0 Å². The van der Waals surface area contributed by atoms with Gasteiger partial charge in [0, 0.05) is 12.6 Å². The normalized spacial score (nSPS) is 25.1. The lowest BCUT2D eigenvalue weighted by atomic mass is 10.1. The number of nitrogens with zero attached hydrogens (tertiary/aromatic N) is 1. The Hall–Kier alpha value is -1.68. The van der Waals surface area contributed by atoms with E-state index in [0.29, 0.717) is 6.54 Å².